The van der Waals surface area contributed by atoms with Crippen molar-refractivity contribution in [2.24, 2.45) is 0 Å². The van der Waals surface area contributed by atoms with Crippen LogP contribution in [-0.4, -0.2) is 0 Å². The standard InChI is InChI=1S/C69H48N2O/c1-69(2)65-43-52(70(48-16-5-3-6-17-48)49-18-7-4-8-19-49)37-40-60(65)61-41-38-53(44-66(61)69)71(51-36-39-59-57-22-10-9-20-55(57)56-21-11-12-23-58(56)64(59)42-51)50-34-32-46(33-35-50)45-28-30-47(31-29-45)54-25-15-26-63-62-24-13-14-27-67(62)72-68(54)63/h3-44H,1-2H3. The van der Waals surface area contributed by atoms with Gasteiger partial charge in [0, 0.05) is 55.9 Å². The molecule has 14 rings (SSSR count). The molecule has 13 aromatic rings. The summed E-state index contributed by atoms with van der Waals surface area (Å²) in [6, 6.07) is 92.9. The Kier molecular flexibility index (Phi) is 9.56. The molecule has 3 heteroatoms. The van der Waals surface area contributed by atoms with Gasteiger partial charge < -0.3 is 14.2 Å². The van der Waals surface area contributed by atoms with Gasteiger partial charge in [-0.3, -0.25) is 0 Å². The average Bonchev–Trinajstić information content (AvgIpc) is 3.93. The third kappa shape index (κ3) is 6.66. The highest BCUT2D eigenvalue weighted by molar-refractivity contribution is 6.26. The van der Waals surface area contributed by atoms with Crippen molar-refractivity contribution in [3.63, 3.8) is 0 Å². The number of para-hydroxylation sites is 4. The summed E-state index contributed by atoms with van der Waals surface area (Å²) < 4.78 is 6.41. The minimum absolute atomic E-state index is 0.272. The van der Waals surface area contributed by atoms with Crippen molar-refractivity contribution in [1.29, 1.82) is 0 Å². The predicted molar refractivity (Wildman–Crippen MR) is 304 cm³/mol. The van der Waals surface area contributed by atoms with Crippen LogP contribution >= 0.6 is 0 Å². The zero-order valence-electron chi connectivity index (χ0n) is 40.1. The van der Waals surface area contributed by atoms with Gasteiger partial charge in [-0.05, 0) is 150 Å². The Bertz CT molecular complexity index is 4150. The minimum Gasteiger partial charge on any atom is -0.455 e. The molecule has 1 aliphatic carbocycles. The molecule has 0 saturated carbocycles. The van der Waals surface area contributed by atoms with E-state index in [1.54, 1.807) is 0 Å². The Morgan fingerprint density at radius 2 is 0.681 bits per heavy atom. The van der Waals surface area contributed by atoms with E-state index in [-0.39, 0.29) is 5.41 Å². The number of hydrogen-bond acceptors (Lipinski definition) is 3. The topological polar surface area (TPSA) is 19.6 Å². The fourth-order valence-electron chi connectivity index (χ4n) is 11.7. The molecule has 1 aliphatic rings. The van der Waals surface area contributed by atoms with Crippen LogP contribution in [0.3, 0.4) is 0 Å². The van der Waals surface area contributed by atoms with Crippen LogP contribution in [0.2, 0.25) is 0 Å². The van der Waals surface area contributed by atoms with Gasteiger partial charge in [0.05, 0.1) is 0 Å². The summed E-state index contributed by atoms with van der Waals surface area (Å²) in [4.78, 5) is 4.81. The van der Waals surface area contributed by atoms with Crippen LogP contribution in [-0.2, 0) is 5.41 Å². The Morgan fingerprint density at radius 3 is 1.26 bits per heavy atom. The Morgan fingerprint density at radius 1 is 0.278 bits per heavy atom. The SMILES string of the molecule is CC1(C)c2cc(N(c3ccccc3)c3ccccc3)ccc2-c2ccc(N(c3ccc(-c4ccc(-c5cccc6c5oc5ccccc56)cc4)cc3)c3ccc4c5ccccc5c5ccccc5c4c3)cc21. The smallest absolute Gasteiger partial charge is 0.143 e. The first-order chi connectivity index (χ1) is 35.5. The van der Waals surface area contributed by atoms with E-state index in [2.05, 4.69) is 266 Å². The van der Waals surface area contributed by atoms with E-state index in [1.165, 1.54) is 54.6 Å². The van der Waals surface area contributed by atoms with Gasteiger partial charge in [0.15, 0.2) is 0 Å². The molecule has 0 fully saturated rings. The quantitative estimate of drug-likeness (QED) is 0.142. The minimum atomic E-state index is -0.272. The number of rotatable bonds is 8. The molecule has 0 bridgehead atoms. The fraction of sp³-hybridized carbons (Fsp3) is 0.0435. The molecule has 0 amide bonds. The van der Waals surface area contributed by atoms with E-state index in [0.717, 1.165) is 78.3 Å². The number of benzene rings is 12. The molecule has 0 N–H and O–H groups in total. The average molecular weight is 921 g/mol. The van der Waals surface area contributed by atoms with Gasteiger partial charge >= 0.3 is 0 Å². The summed E-state index contributed by atoms with van der Waals surface area (Å²) in [5.74, 6) is 0. The molecular weight excluding hydrogens is 873 g/mol. The maximum Gasteiger partial charge on any atom is 0.143 e. The van der Waals surface area contributed by atoms with Gasteiger partial charge in [-0.25, -0.2) is 0 Å². The van der Waals surface area contributed by atoms with Crippen molar-refractivity contribution in [3.05, 3.63) is 266 Å². The maximum atomic E-state index is 6.41. The summed E-state index contributed by atoms with van der Waals surface area (Å²) in [5, 5.41) is 9.84. The van der Waals surface area contributed by atoms with E-state index in [9.17, 15) is 0 Å². The predicted octanol–water partition coefficient (Wildman–Crippen LogP) is 19.6. The molecule has 0 saturated heterocycles. The van der Waals surface area contributed by atoms with E-state index in [4.69, 9.17) is 4.42 Å². The van der Waals surface area contributed by atoms with E-state index >= 15 is 0 Å². The first-order valence-electron chi connectivity index (χ1n) is 24.9. The first-order valence-corrected chi connectivity index (χ1v) is 24.9. The summed E-state index contributed by atoms with van der Waals surface area (Å²) in [7, 11) is 0. The fourth-order valence-corrected chi connectivity index (χ4v) is 11.7. The third-order valence-electron chi connectivity index (χ3n) is 15.2. The van der Waals surface area contributed by atoms with E-state index in [1.807, 2.05) is 12.1 Å². The molecule has 0 radical (unpaired) electrons. The van der Waals surface area contributed by atoms with Gasteiger partial charge in [0.25, 0.3) is 0 Å². The van der Waals surface area contributed by atoms with Crippen molar-refractivity contribution in [3.8, 4) is 33.4 Å². The monoisotopic (exact) mass is 920 g/mol. The van der Waals surface area contributed by atoms with Gasteiger partial charge in [0.1, 0.15) is 11.2 Å². The molecule has 0 spiro atoms. The molecule has 12 aromatic carbocycles. The van der Waals surface area contributed by atoms with Crippen LogP contribution in [0, 0.1) is 0 Å². The lowest BCUT2D eigenvalue weighted by molar-refractivity contribution is 0.660. The first kappa shape index (κ1) is 41.8. The van der Waals surface area contributed by atoms with Crippen LogP contribution in [0.15, 0.2) is 259 Å². The van der Waals surface area contributed by atoms with Gasteiger partial charge in [-0.15, -0.1) is 0 Å². The molecule has 1 heterocycles. The molecule has 0 aliphatic heterocycles. The number of fused-ring (bicyclic) bond motifs is 12. The Hall–Kier alpha value is -9.18. The van der Waals surface area contributed by atoms with Crippen LogP contribution in [0.5, 0.6) is 0 Å². The van der Waals surface area contributed by atoms with Crippen LogP contribution in [0.4, 0.5) is 34.1 Å². The lowest BCUT2D eigenvalue weighted by Gasteiger charge is -2.29. The van der Waals surface area contributed by atoms with Crippen molar-refractivity contribution < 1.29 is 4.42 Å². The number of furan rings is 1. The Balaban J connectivity index is 0.874. The summed E-state index contributed by atoms with van der Waals surface area (Å²) in [6.07, 6.45) is 0. The summed E-state index contributed by atoms with van der Waals surface area (Å²) in [6.45, 7) is 4.77. The summed E-state index contributed by atoms with van der Waals surface area (Å²) in [5.41, 5.74) is 18.0. The maximum absolute atomic E-state index is 6.41. The molecule has 3 nitrogen and oxygen atoms in total. The van der Waals surface area contributed by atoms with Crippen molar-refractivity contribution in [2.75, 3.05) is 9.80 Å². The Labute approximate surface area is 419 Å². The highest BCUT2D eigenvalue weighted by Crippen LogP contribution is 2.53. The van der Waals surface area contributed by atoms with Gasteiger partial charge in [0.2, 0.25) is 0 Å². The van der Waals surface area contributed by atoms with Gasteiger partial charge in [-0.1, -0.05) is 190 Å². The molecule has 0 unspecified atom stereocenters. The number of nitrogens with zero attached hydrogens (tertiary/aromatic N) is 2. The summed E-state index contributed by atoms with van der Waals surface area (Å²) >= 11 is 0. The molecule has 0 atom stereocenters. The highest BCUT2D eigenvalue weighted by atomic mass is 16.3. The van der Waals surface area contributed by atoms with Crippen molar-refractivity contribution >= 4 is 88.4 Å². The van der Waals surface area contributed by atoms with E-state index in [0.29, 0.717) is 0 Å². The van der Waals surface area contributed by atoms with E-state index < -0.39 is 0 Å². The molecule has 1 aromatic heterocycles. The second-order valence-electron chi connectivity index (χ2n) is 19.7. The van der Waals surface area contributed by atoms with Crippen LogP contribution < -0.4 is 9.80 Å². The van der Waals surface area contributed by atoms with Gasteiger partial charge in [-0.2, -0.15) is 0 Å². The number of hydrogen-bond donors (Lipinski definition) is 0. The normalized spacial score (nSPS) is 12.7. The van der Waals surface area contributed by atoms with Crippen molar-refractivity contribution in [1.82, 2.24) is 0 Å². The van der Waals surface area contributed by atoms with Crippen molar-refractivity contribution in [2.45, 2.75) is 19.3 Å². The second-order valence-corrected chi connectivity index (χ2v) is 19.7. The third-order valence-corrected chi connectivity index (χ3v) is 15.2. The van der Waals surface area contributed by atoms with Crippen LogP contribution in [0.25, 0.3) is 87.6 Å². The largest absolute Gasteiger partial charge is 0.455 e. The molecule has 72 heavy (non-hydrogen) atoms. The lowest BCUT2D eigenvalue weighted by atomic mass is 9.82. The van der Waals surface area contributed by atoms with Crippen LogP contribution in [0.1, 0.15) is 25.0 Å². The zero-order chi connectivity index (χ0) is 47.9. The number of anilines is 6. The highest BCUT2D eigenvalue weighted by Gasteiger charge is 2.37. The lowest BCUT2D eigenvalue weighted by Crippen LogP contribution is -2.17. The molecular formula is C69H48N2O. The molecule has 340 valence electrons. The zero-order valence-corrected chi connectivity index (χ0v) is 40.1. The second kappa shape index (κ2) is 16.5.